The van der Waals surface area contributed by atoms with Crippen LogP contribution in [0.15, 0.2) is 60.9 Å². The van der Waals surface area contributed by atoms with Gasteiger partial charge >= 0.3 is 0 Å². The third kappa shape index (κ3) is 3.13. The second-order valence-electron chi connectivity index (χ2n) is 5.35. The molecule has 0 spiro atoms. The first kappa shape index (κ1) is 15.0. The molecule has 0 aliphatic rings. The second kappa shape index (κ2) is 6.44. The van der Waals surface area contributed by atoms with Gasteiger partial charge in [0.2, 0.25) is 0 Å². The van der Waals surface area contributed by atoms with Crippen LogP contribution in [0.1, 0.15) is 34.6 Å². The normalized spacial score (nSPS) is 11.9. The fourth-order valence-electron chi connectivity index (χ4n) is 2.44. The van der Waals surface area contributed by atoms with E-state index in [0.717, 1.165) is 11.3 Å². The molecule has 5 heteroatoms. The first-order valence-electron chi connectivity index (χ1n) is 7.48. The van der Waals surface area contributed by atoms with Crippen molar-refractivity contribution >= 4 is 5.91 Å². The Morgan fingerprint density at radius 1 is 1.13 bits per heavy atom. The van der Waals surface area contributed by atoms with Crippen LogP contribution in [0, 0.1) is 6.92 Å². The van der Waals surface area contributed by atoms with Crippen molar-refractivity contribution in [3.05, 3.63) is 77.7 Å². The van der Waals surface area contributed by atoms with Crippen LogP contribution in [-0.2, 0) is 0 Å². The van der Waals surface area contributed by atoms with Gasteiger partial charge in [0.05, 0.1) is 23.5 Å². The summed E-state index contributed by atoms with van der Waals surface area (Å²) >= 11 is 0. The van der Waals surface area contributed by atoms with E-state index in [-0.39, 0.29) is 11.9 Å². The quantitative estimate of drug-likeness (QED) is 0.806. The Kier molecular flexibility index (Phi) is 4.19. The molecule has 0 aliphatic heterocycles. The predicted octanol–water partition coefficient (Wildman–Crippen LogP) is 3.07. The van der Waals surface area contributed by atoms with Gasteiger partial charge in [-0.05, 0) is 31.5 Å². The van der Waals surface area contributed by atoms with Crippen molar-refractivity contribution in [3.63, 3.8) is 0 Å². The molecule has 2 aromatic heterocycles. The van der Waals surface area contributed by atoms with Gasteiger partial charge in [-0.3, -0.25) is 4.79 Å². The number of benzene rings is 1. The molecule has 0 radical (unpaired) electrons. The number of nitrogens with zero attached hydrogens (tertiary/aromatic N) is 3. The fraction of sp³-hybridized carbons (Fsp3) is 0.167. The SMILES string of the molecule is Cc1c(C(=O)NC(C)c2ccccc2)cnn1-c1ccccn1. The number of carbonyl (C=O) groups is 1. The Balaban J connectivity index is 1.80. The summed E-state index contributed by atoms with van der Waals surface area (Å²) < 4.78 is 1.67. The highest BCUT2D eigenvalue weighted by Gasteiger charge is 2.17. The van der Waals surface area contributed by atoms with Gasteiger partial charge in [-0.15, -0.1) is 0 Å². The van der Waals surface area contributed by atoms with Crippen molar-refractivity contribution in [2.24, 2.45) is 0 Å². The zero-order valence-corrected chi connectivity index (χ0v) is 13.1. The van der Waals surface area contributed by atoms with E-state index >= 15 is 0 Å². The standard InChI is InChI=1S/C18H18N4O/c1-13(15-8-4-3-5-9-15)21-18(23)16-12-20-22(14(16)2)17-10-6-7-11-19-17/h3-13H,1-2H3,(H,21,23). The molecule has 0 bridgehead atoms. The molecule has 2 heterocycles. The molecule has 0 aliphatic carbocycles. The summed E-state index contributed by atoms with van der Waals surface area (Å²) in [5, 5.41) is 7.29. The van der Waals surface area contributed by atoms with E-state index in [9.17, 15) is 4.79 Å². The molecule has 3 rings (SSSR count). The summed E-state index contributed by atoms with van der Waals surface area (Å²) in [6, 6.07) is 15.4. The van der Waals surface area contributed by atoms with Gasteiger partial charge < -0.3 is 5.32 Å². The van der Waals surface area contributed by atoms with E-state index < -0.39 is 0 Å². The van der Waals surface area contributed by atoms with Crippen LogP contribution in [0.4, 0.5) is 0 Å². The number of carbonyl (C=O) groups excluding carboxylic acids is 1. The molecule has 1 atom stereocenters. The summed E-state index contributed by atoms with van der Waals surface area (Å²) in [6.07, 6.45) is 3.28. The zero-order chi connectivity index (χ0) is 16.2. The lowest BCUT2D eigenvalue weighted by Gasteiger charge is -2.14. The summed E-state index contributed by atoms with van der Waals surface area (Å²) in [5.41, 5.74) is 2.38. The van der Waals surface area contributed by atoms with Crippen LogP contribution in [0.25, 0.3) is 5.82 Å². The smallest absolute Gasteiger partial charge is 0.255 e. The van der Waals surface area contributed by atoms with Crippen molar-refractivity contribution in [1.29, 1.82) is 0 Å². The molecule has 1 aromatic carbocycles. The number of aromatic nitrogens is 3. The molecule has 0 saturated heterocycles. The number of amides is 1. The average Bonchev–Trinajstić information content (AvgIpc) is 2.98. The lowest BCUT2D eigenvalue weighted by atomic mass is 10.1. The van der Waals surface area contributed by atoms with Crippen molar-refractivity contribution < 1.29 is 4.79 Å². The molecule has 1 N–H and O–H groups in total. The van der Waals surface area contributed by atoms with Gasteiger partial charge in [0.15, 0.2) is 5.82 Å². The maximum Gasteiger partial charge on any atom is 0.255 e. The maximum absolute atomic E-state index is 12.5. The molecule has 1 unspecified atom stereocenters. The van der Waals surface area contributed by atoms with Gasteiger partial charge in [0.1, 0.15) is 0 Å². The van der Waals surface area contributed by atoms with Gasteiger partial charge in [0.25, 0.3) is 5.91 Å². The predicted molar refractivity (Wildman–Crippen MR) is 88.4 cm³/mol. The highest BCUT2D eigenvalue weighted by atomic mass is 16.1. The minimum absolute atomic E-state index is 0.0682. The minimum Gasteiger partial charge on any atom is -0.345 e. The van der Waals surface area contributed by atoms with E-state index in [0.29, 0.717) is 11.4 Å². The fourth-order valence-corrected chi connectivity index (χ4v) is 2.44. The van der Waals surface area contributed by atoms with Crippen LogP contribution >= 0.6 is 0 Å². The Bertz CT molecular complexity index is 796. The molecule has 3 aromatic rings. The van der Waals surface area contributed by atoms with Crippen molar-refractivity contribution in [1.82, 2.24) is 20.1 Å². The number of hydrogen-bond donors (Lipinski definition) is 1. The molecular formula is C18H18N4O. The van der Waals surface area contributed by atoms with Crippen LogP contribution in [0.2, 0.25) is 0 Å². The Labute approximate surface area is 135 Å². The van der Waals surface area contributed by atoms with Gasteiger partial charge in [0, 0.05) is 6.20 Å². The third-order valence-corrected chi connectivity index (χ3v) is 3.77. The largest absolute Gasteiger partial charge is 0.345 e. The van der Waals surface area contributed by atoms with E-state index in [1.54, 1.807) is 17.1 Å². The molecule has 23 heavy (non-hydrogen) atoms. The topological polar surface area (TPSA) is 59.8 Å². The van der Waals surface area contributed by atoms with Crippen LogP contribution in [0.3, 0.4) is 0 Å². The van der Waals surface area contributed by atoms with Crippen LogP contribution in [0.5, 0.6) is 0 Å². The van der Waals surface area contributed by atoms with Crippen molar-refractivity contribution in [2.45, 2.75) is 19.9 Å². The number of hydrogen-bond acceptors (Lipinski definition) is 3. The second-order valence-corrected chi connectivity index (χ2v) is 5.35. The Morgan fingerprint density at radius 2 is 1.87 bits per heavy atom. The monoisotopic (exact) mass is 306 g/mol. The van der Waals surface area contributed by atoms with Gasteiger partial charge in [-0.25, -0.2) is 9.67 Å². The molecule has 1 amide bonds. The van der Waals surface area contributed by atoms with Crippen molar-refractivity contribution in [2.75, 3.05) is 0 Å². The molecule has 116 valence electrons. The molecule has 0 saturated carbocycles. The first-order valence-corrected chi connectivity index (χ1v) is 7.48. The zero-order valence-electron chi connectivity index (χ0n) is 13.1. The van der Waals surface area contributed by atoms with E-state index in [1.807, 2.05) is 62.4 Å². The average molecular weight is 306 g/mol. The van der Waals surface area contributed by atoms with E-state index in [2.05, 4.69) is 15.4 Å². The van der Waals surface area contributed by atoms with E-state index in [1.165, 1.54) is 0 Å². The van der Waals surface area contributed by atoms with Crippen LogP contribution < -0.4 is 5.32 Å². The Morgan fingerprint density at radius 3 is 2.57 bits per heavy atom. The number of pyridine rings is 1. The molecule has 0 fully saturated rings. The molecular weight excluding hydrogens is 288 g/mol. The number of nitrogens with one attached hydrogen (secondary N) is 1. The molecule has 5 nitrogen and oxygen atoms in total. The van der Waals surface area contributed by atoms with Gasteiger partial charge in [-0.1, -0.05) is 36.4 Å². The minimum atomic E-state index is -0.138. The lowest BCUT2D eigenvalue weighted by molar-refractivity contribution is 0.0939. The summed E-state index contributed by atoms with van der Waals surface area (Å²) in [5.74, 6) is 0.557. The Hall–Kier alpha value is -2.95. The maximum atomic E-state index is 12.5. The first-order chi connectivity index (χ1) is 11.2. The summed E-state index contributed by atoms with van der Waals surface area (Å²) in [7, 11) is 0. The third-order valence-electron chi connectivity index (χ3n) is 3.77. The lowest BCUT2D eigenvalue weighted by Crippen LogP contribution is -2.27. The van der Waals surface area contributed by atoms with Gasteiger partial charge in [-0.2, -0.15) is 5.10 Å². The van der Waals surface area contributed by atoms with Crippen LogP contribution in [-0.4, -0.2) is 20.7 Å². The van der Waals surface area contributed by atoms with E-state index in [4.69, 9.17) is 0 Å². The van der Waals surface area contributed by atoms with Crippen molar-refractivity contribution in [3.8, 4) is 5.82 Å². The highest BCUT2D eigenvalue weighted by Crippen LogP contribution is 2.15. The summed E-state index contributed by atoms with van der Waals surface area (Å²) in [4.78, 5) is 16.8. The number of rotatable bonds is 4. The summed E-state index contributed by atoms with van der Waals surface area (Å²) in [6.45, 7) is 3.83. The highest BCUT2D eigenvalue weighted by molar-refractivity contribution is 5.95.